The molecule has 178 valence electrons. The molecular weight excluding hydrogens is 434 g/mol. The lowest BCUT2D eigenvalue weighted by atomic mass is 9.75. The summed E-state index contributed by atoms with van der Waals surface area (Å²) in [5.74, 6) is -3.39. The maximum Gasteiger partial charge on any atom is 0.415 e. The van der Waals surface area contributed by atoms with Gasteiger partial charge in [0.05, 0.1) is 11.1 Å². The van der Waals surface area contributed by atoms with Gasteiger partial charge < -0.3 is 5.11 Å². The van der Waals surface area contributed by atoms with Crippen molar-refractivity contribution in [3.8, 4) is 0 Å². The molecule has 0 spiro atoms. The predicted octanol–water partition coefficient (Wildman–Crippen LogP) is 7.76. The third kappa shape index (κ3) is 7.57. The van der Waals surface area contributed by atoms with Gasteiger partial charge in [-0.3, -0.25) is 4.79 Å². The van der Waals surface area contributed by atoms with E-state index in [-0.39, 0.29) is 36.8 Å². The molecule has 1 aliphatic rings. The summed E-state index contributed by atoms with van der Waals surface area (Å²) in [5.41, 5.74) is -0.0416. The smallest absolute Gasteiger partial charge is 0.415 e. The Morgan fingerprint density at radius 2 is 1.81 bits per heavy atom. The van der Waals surface area contributed by atoms with E-state index in [4.69, 9.17) is 5.11 Å². The lowest BCUT2D eigenvalue weighted by Gasteiger charge is -2.32. The summed E-state index contributed by atoms with van der Waals surface area (Å²) in [7, 11) is 0. The molecule has 0 heterocycles. The standard InChI is InChI=1S/C15H19F3.C9H9F3O2/c1-10(12-6-8-15(17,18)9-7-12)13-4-3-5-14(16)11(13)2;1-3-4-7(5-13)8(14)6(2)9(10,11)12/h3-5,10,12H,6-9H2,1-2H3;3-5,14H,1H2,2H3/b;7-4-,8-6-. The van der Waals surface area contributed by atoms with Crippen LogP contribution < -0.4 is 0 Å². The van der Waals surface area contributed by atoms with Gasteiger partial charge >= 0.3 is 6.18 Å². The molecule has 1 N–H and O–H groups in total. The highest BCUT2D eigenvalue weighted by Gasteiger charge is 2.37. The molecule has 0 bridgehead atoms. The Bertz CT molecular complexity index is 858. The average Bonchev–Trinajstić information content (AvgIpc) is 2.72. The van der Waals surface area contributed by atoms with E-state index < -0.39 is 29.0 Å². The summed E-state index contributed by atoms with van der Waals surface area (Å²) >= 11 is 0. The SMILES string of the molecule is C=C/C=C(C=O)\C(O)=C(/C)C(F)(F)F.Cc1c(F)cccc1C(C)C1CCC(F)(F)CC1. The van der Waals surface area contributed by atoms with Gasteiger partial charge in [-0.25, -0.2) is 13.2 Å². The van der Waals surface area contributed by atoms with E-state index in [9.17, 15) is 31.1 Å². The van der Waals surface area contributed by atoms with Gasteiger partial charge in [0.1, 0.15) is 11.6 Å². The van der Waals surface area contributed by atoms with Gasteiger partial charge in [-0.2, -0.15) is 13.2 Å². The van der Waals surface area contributed by atoms with Gasteiger partial charge in [0.2, 0.25) is 5.92 Å². The molecule has 1 unspecified atom stereocenters. The fraction of sp³-hybridized carbons (Fsp3) is 0.458. The van der Waals surface area contributed by atoms with E-state index in [1.807, 2.05) is 13.0 Å². The molecule has 1 aliphatic carbocycles. The highest BCUT2D eigenvalue weighted by molar-refractivity contribution is 5.79. The van der Waals surface area contributed by atoms with Crippen LogP contribution in [-0.4, -0.2) is 23.5 Å². The lowest BCUT2D eigenvalue weighted by Crippen LogP contribution is -2.27. The van der Waals surface area contributed by atoms with Gasteiger partial charge in [0.15, 0.2) is 6.29 Å². The Hall–Kier alpha value is -2.51. The number of aliphatic hydroxyl groups is 1. The van der Waals surface area contributed by atoms with Gasteiger partial charge in [-0.15, -0.1) is 0 Å². The molecule has 0 aromatic heterocycles. The Morgan fingerprint density at radius 3 is 2.28 bits per heavy atom. The summed E-state index contributed by atoms with van der Waals surface area (Å²) in [4.78, 5) is 10.3. The number of alkyl halides is 5. The van der Waals surface area contributed by atoms with Crippen molar-refractivity contribution in [1.82, 2.24) is 0 Å². The first-order chi connectivity index (χ1) is 14.7. The zero-order valence-electron chi connectivity index (χ0n) is 18.3. The number of halogens is 6. The fourth-order valence-corrected chi connectivity index (χ4v) is 3.59. The maximum atomic E-state index is 13.5. The normalized spacial score (nSPS) is 18.7. The van der Waals surface area contributed by atoms with Crippen LogP contribution in [-0.2, 0) is 4.79 Å². The average molecular weight is 462 g/mol. The van der Waals surface area contributed by atoms with Crippen LogP contribution in [0.15, 0.2) is 53.8 Å². The highest BCUT2D eigenvalue weighted by atomic mass is 19.4. The number of benzene rings is 1. The molecule has 0 aliphatic heterocycles. The van der Waals surface area contributed by atoms with Crippen LogP contribution in [0.25, 0.3) is 0 Å². The van der Waals surface area contributed by atoms with Crippen molar-refractivity contribution in [1.29, 1.82) is 0 Å². The van der Waals surface area contributed by atoms with E-state index in [0.717, 1.165) is 17.7 Å². The summed E-state index contributed by atoms with van der Waals surface area (Å²) < 4.78 is 75.9. The van der Waals surface area contributed by atoms with E-state index >= 15 is 0 Å². The molecular formula is C24H28F6O2. The van der Waals surface area contributed by atoms with E-state index in [1.54, 1.807) is 13.0 Å². The highest BCUT2D eigenvalue weighted by Crippen LogP contribution is 2.42. The third-order valence-corrected chi connectivity index (χ3v) is 5.75. The van der Waals surface area contributed by atoms with Crippen molar-refractivity contribution in [2.24, 2.45) is 5.92 Å². The molecule has 1 aromatic carbocycles. The minimum absolute atomic E-state index is 0.0314. The Labute approximate surface area is 184 Å². The number of aliphatic hydroxyl groups excluding tert-OH is 1. The van der Waals surface area contributed by atoms with Gasteiger partial charge in [0.25, 0.3) is 0 Å². The summed E-state index contributed by atoms with van der Waals surface area (Å²) in [5, 5.41) is 9.06. The van der Waals surface area contributed by atoms with Crippen LogP contribution in [0, 0.1) is 18.7 Å². The number of rotatable bonds is 5. The summed E-state index contributed by atoms with van der Waals surface area (Å²) in [6.07, 6.45) is -1.40. The summed E-state index contributed by atoms with van der Waals surface area (Å²) in [6, 6.07) is 5.06. The first-order valence-corrected chi connectivity index (χ1v) is 10.1. The second-order valence-electron chi connectivity index (χ2n) is 7.88. The number of carbonyl (C=O) groups is 1. The minimum atomic E-state index is -4.65. The lowest BCUT2D eigenvalue weighted by molar-refractivity contribution is -0.105. The third-order valence-electron chi connectivity index (χ3n) is 5.75. The first kappa shape index (κ1) is 27.5. The molecule has 2 rings (SSSR count). The summed E-state index contributed by atoms with van der Waals surface area (Å²) in [6.45, 7) is 7.68. The number of hydrogen-bond acceptors (Lipinski definition) is 2. The molecule has 1 atom stereocenters. The largest absolute Gasteiger partial charge is 0.507 e. The second kappa shape index (κ2) is 11.4. The molecule has 8 heteroatoms. The van der Waals surface area contributed by atoms with Crippen LogP contribution in [0.1, 0.15) is 56.6 Å². The van der Waals surface area contributed by atoms with Gasteiger partial charge in [-0.1, -0.05) is 31.7 Å². The Kier molecular flexibility index (Phi) is 9.79. The van der Waals surface area contributed by atoms with Crippen molar-refractivity contribution in [2.45, 2.75) is 64.5 Å². The Morgan fingerprint density at radius 1 is 1.25 bits per heavy atom. The monoisotopic (exact) mass is 462 g/mol. The van der Waals surface area contributed by atoms with Crippen molar-refractivity contribution >= 4 is 6.29 Å². The number of aldehydes is 1. The molecule has 32 heavy (non-hydrogen) atoms. The fourth-order valence-electron chi connectivity index (χ4n) is 3.59. The molecule has 1 saturated carbocycles. The van der Waals surface area contributed by atoms with Crippen LogP contribution in [0.5, 0.6) is 0 Å². The van der Waals surface area contributed by atoms with Crippen LogP contribution in [0.3, 0.4) is 0 Å². The zero-order chi connectivity index (χ0) is 24.7. The quantitative estimate of drug-likeness (QED) is 0.160. The van der Waals surface area contributed by atoms with Gasteiger partial charge in [-0.05, 0) is 61.8 Å². The van der Waals surface area contributed by atoms with Crippen molar-refractivity contribution in [3.63, 3.8) is 0 Å². The molecule has 0 amide bonds. The second-order valence-corrected chi connectivity index (χ2v) is 7.88. The van der Waals surface area contributed by atoms with E-state index in [1.165, 1.54) is 6.07 Å². The molecule has 1 fully saturated rings. The van der Waals surface area contributed by atoms with Crippen molar-refractivity contribution < 1.29 is 36.2 Å². The maximum absolute atomic E-state index is 13.5. The topological polar surface area (TPSA) is 37.3 Å². The van der Waals surface area contributed by atoms with Gasteiger partial charge in [0, 0.05) is 12.8 Å². The predicted molar refractivity (Wildman–Crippen MR) is 112 cm³/mol. The van der Waals surface area contributed by atoms with Crippen molar-refractivity contribution in [3.05, 3.63) is 70.8 Å². The number of carbonyl (C=O) groups excluding carboxylic acids is 1. The number of hydrogen-bond donors (Lipinski definition) is 1. The van der Waals surface area contributed by atoms with E-state index in [2.05, 4.69) is 6.58 Å². The first-order valence-electron chi connectivity index (χ1n) is 10.1. The van der Waals surface area contributed by atoms with Crippen LogP contribution >= 0.6 is 0 Å². The molecule has 0 radical (unpaired) electrons. The molecule has 1 aromatic rings. The number of allylic oxidation sites excluding steroid dienone is 4. The minimum Gasteiger partial charge on any atom is -0.507 e. The zero-order valence-corrected chi connectivity index (χ0v) is 18.3. The molecule has 2 nitrogen and oxygen atoms in total. The van der Waals surface area contributed by atoms with Crippen LogP contribution in [0.4, 0.5) is 26.3 Å². The van der Waals surface area contributed by atoms with E-state index in [0.29, 0.717) is 25.3 Å². The molecule has 0 saturated heterocycles. The van der Waals surface area contributed by atoms with Crippen LogP contribution in [0.2, 0.25) is 0 Å². The van der Waals surface area contributed by atoms with Crippen molar-refractivity contribution in [2.75, 3.05) is 0 Å². The Balaban J connectivity index is 0.000000333.